The molecule has 0 fully saturated rings. The second-order valence-corrected chi connectivity index (χ2v) is 8.22. The van der Waals surface area contributed by atoms with Gasteiger partial charge in [0.15, 0.2) is 6.10 Å². The molecular weight excluding hydrogens is 460 g/mol. The van der Waals surface area contributed by atoms with Crippen molar-refractivity contribution in [3.63, 3.8) is 0 Å². The van der Waals surface area contributed by atoms with Crippen molar-refractivity contribution in [3.8, 4) is 5.75 Å². The fraction of sp³-hybridized carbons (Fsp3) is 0.214. The maximum atomic E-state index is 13.0. The number of rotatable bonds is 8. The average Bonchev–Trinajstić information content (AvgIpc) is 3.14. The summed E-state index contributed by atoms with van der Waals surface area (Å²) in [5.41, 5.74) is 2.47. The summed E-state index contributed by atoms with van der Waals surface area (Å²) in [5, 5.41) is 2.71. The van der Waals surface area contributed by atoms with E-state index in [1.54, 1.807) is 36.4 Å². The number of nitrogens with zero attached hydrogens (tertiary/aromatic N) is 1. The Labute approximate surface area is 208 Å². The Bertz CT molecular complexity index is 1310. The molecule has 0 saturated heterocycles. The van der Waals surface area contributed by atoms with Crippen molar-refractivity contribution in [2.24, 2.45) is 0 Å². The number of esters is 1. The lowest BCUT2D eigenvalue weighted by Crippen LogP contribution is -2.30. The Morgan fingerprint density at radius 3 is 2.19 bits per heavy atom. The molecule has 1 aliphatic heterocycles. The SMILES string of the molecule is CCOc1ccc(N2C(=O)c3ccc(C(=O)OC(C)C(=O)Nc4ccc(CC)cc4)cc3C2=O)cc1. The van der Waals surface area contributed by atoms with Crippen molar-refractivity contribution in [1.82, 2.24) is 0 Å². The van der Waals surface area contributed by atoms with Gasteiger partial charge in [-0.15, -0.1) is 0 Å². The number of aryl methyl sites for hydroxylation is 1. The van der Waals surface area contributed by atoms with Gasteiger partial charge >= 0.3 is 5.97 Å². The number of fused-ring (bicyclic) bond motifs is 1. The van der Waals surface area contributed by atoms with Gasteiger partial charge in [0, 0.05) is 5.69 Å². The summed E-state index contributed by atoms with van der Waals surface area (Å²) >= 11 is 0. The number of benzene rings is 3. The summed E-state index contributed by atoms with van der Waals surface area (Å²) in [6.45, 7) is 5.86. The molecule has 36 heavy (non-hydrogen) atoms. The number of carbonyl (C=O) groups excluding carboxylic acids is 4. The minimum absolute atomic E-state index is 0.0652. The number of nitrogens with one attached hydrogen (secondary N) is 1. The van der Waals surface area contributed by atoms with E-state index >= 15 is 0 Å². The zero-order chi connectivity index (χ0) is 25.8. The van der Waals surface area contributed by atoms with Gasteiger partial charge in [0.1, 0.15) is 5.75 Å². The normalized spacial score (nSPS) is 13.2. The number of imide groups is 1. The van der Waals surface area contributed by atoms with E-state index in [1.807, 2.05) is 26.0 Å². The average molecular weight is 487 g/mol. The van der Waals surface area contributed by atoms with Crippen molar-refractivity contribution in [2.75, 3.05) is 16.8 Å². The summed E-state index contributed by atoms with van der Waals surface area (Å²) in [6.07, 6.45) is -0.191. The quantitative estimate of drug-likeness (QED) is 0.368. The molecule has 8 heteroatoms. The van der Waals surface area contributed by atoms with Crippen LogP contribution in [-0.2, 0) is 16.0 Å². The lowest BCUT2D eigenvalue weighted by Gasteiger charge is -2.14. The van der Waals surface area contributed by atoms with Crippen LogP contribution < -0.4 is 15.0 Å². The molecule has 0 radical (unpaired) electrons. The van der Waals surface area contributed by atoms with Gasteiger partial charge in [-0.1, -0.05) is 19.1 Å². The predicted octanol–water partition coefficient (Wildman–Crippen LogP) is 4.63. The first-order chi connectivity index (χ1) is 17.3. The predicted molar refractivity (Wildman–Crippen MR) is 135 cm³/mol. The first-order valence-electron chi connectivity index (χ1n) is 11.7. The van der Waals surface area contributed by atoms with Gasteiger partial charge in [0.05, 0.1) is 29.0 Å². The van der Waals surface area contributed by atoms with E-state index < -0.39 is 29.8 Å². The van der Waals surface area contributed by atoms with Gasteiger partial charge in [-0.3, -0.25) is 14.4 Å². The van der Waals surface area contributed by atoms with Crippen molar-refractivity contribution in [1.29, 1.82) is 0 Å². The minimum Gasteiger partial charge on any atom is -0.494 e. The smallest absolute Gasteiger partial charge is 0.338 e. The van der Waals surface area contributed by atoms with Crippen LogP contribution in [-0.4, -0.2) is 36.4 Å². The van der Waals surface area contributed by atoms with E-state index in [0.717, 1.165) is 16.9 Å². The van der Waals surface area contributed by atoms with Crippen molar-refractivity contribution in [3.05, 3.63) is 89.0 Å². The third-order valence-corrected chi connectivity index (χ3v) is 5.81. The van der Waals surface area contributed by atoms with Crippen LogP contribution in [0.5, 0.6) is 5.75 Å². The number of amides is 3. The Balaban J connectivity index is 1.45. The number of hydrogen-bond acceptors (Lipinski definition) is 6. The fourth-order valence-electron chi connectivity index (χ4n) is 3.81. The fourth-order valence-corrected chi connectivity index (χ4v) is 3.81. The minimum atomic E-state index is -1.07. The molecule has 0 aromatic heterocycles. The Hall–Kier alpha value is -4.46. The maximum Gasteiger partial charge on any atom is 0.338 e. The molecule has 8 nitrogen and oxygen atoms in total. The highest BCUT2D eigenvalue weighted by molar-refractivity contribution is 6.34. The Morgan fingerprint density at radius 2 is 1.56 bits per heavy atom. The van der Waals surface area contributed by atoms with Crippen LogP contribution in [0.4, 0.5) is 11.4 Å². The first-order valence-corrected chi connectivity index (χ1v) is 11.7. The highest BCUT2D eigenvalue weighted by Crippen LogP contribution is 2.30. The van der Waals surface area contributed by atoms with E-state index in [1.165, 1.54) is 25.1 Å². The van der Waals surface area contributed by atoms with Crippen LogP contribution in [0.15, 0.2) is 66.7 Å². The van der Waals surface area contributed by atoms with Crippen LogP contribution in [0.25, 0.3) is 0 Å². The van der Waals surface area contributed by atoms with Gasteiger partial charge in [0.2, 0.25) is 0 Å². The molecule has 1 heterocycles. The molecule has 0 aliphatic carbocycles. The highest BCUT2D eigenvalue weighted by Gasteiger charge is 2.37. The van der Waals surface area contributed by atoms with Crippen molar-refractivity contribution < 1.29 is 28.7 Å². The maximum absolute atomic E-state index is 13.0. The monoisotopic (exact) mass is 486 g/mol. The Morgan fingerprint density at radius 1 is 0.889 bits per heavy atom. The lowest BCUT2D eigenvalue weighted by atomic mass is 10.1. The molecule has 3 amide bonds. The molecular formula is C28H26N2O6. The molecule has 1 N–H and O–H groups in total. The lowest BCUT2D eigenvalue weighted by molar-refractivity contribution is -0.123. The van der Waals surface area contributed by atoms with Crippen LogP contribution in [0.2, 0.25) is 0 Å². The molecule has 1 unspecified atom stereocenters. The van der Waals surface area contributed by atoms with Crippen LogP contribution in [0.1, 0.15) is 57.4 Å². The molecule has 3 aromatic rings. The number of anilines is 2. The molecule has 1 atom stereocenters. The van der Waals surface area contributed by atoms with Crippen LogP contribution in [0.3, 0.4) is 0 Å². The van der Waals surface area contributed by atoms with E-state index in [4.69, 9.17) is 9.47 Å². The molecule has 4 rings (SSSR count). The Kier molecular flexibility index (Phi) is 7.15. The van der Waals surface area contributed by atoms with Gasteiger partial charge in [-0.05, 0) is 80.4 Å². The van der Waals surface area contributed by atoms with Crippen molar-refractivity contribution >= 4 is 35.1 Å². The molecule has 184 valence electrons. The molecule has 0 saturated carbocycles. The van der Waals surface area contributed by atoms with Crippen LogP contribution >= 0.6 is 0 Å². The standard InChI is InChI=1S/C28H26N2O6/c1-4-18-6-9-20(10-7-18)29-25(31)17(3)36-28(34)19-8-15-23-24(16-19)27(33)30(26(23)32)21-11-13-22(14-12-21)35-5-2/h6-17H,4-5H2,1-3H3,(H,29,31). The second kappa shape index (κ2) is 10.4. The molecule has 3 aromatic carbocycles. The highest BCUT2D eigenvalue weighted by atomic mass is 16.5. The summed E-state index contributed by atoms with van der Waals surface area (Å²) in [7, 11) is 0. The van der Waals surface area contributed by atoms with Gasteiger partial charge in [0.25, 0.3) is 17.7 Å². The van der Waals surface area contributed by atoms with Gasteiger partial charge in [-0.25, -0.2) is 9.69 Å². The second-order valence-electron chi connectivity index (χ2n) is 8.22. The van der Waals surface area contributed by atoms with Crippen molar-refractivity contribution in [2.45, 2.75) is 33.3 Å². The van der Waals surface area contributed by atoms with Gasteiger partial charge in [-0.2, -0.15) is 0 Å². The summed E-state index contributed by atoms with van der Waals surface area (Å²) < 4.78 is 10.7. The number of hydrogen-bond donors (Lipinski definition) is 1. The molecule has 0 bridgehead atoms. The molecule has 1 aliphatic rings. The van der Waals surface area contributed by atoms with Gasteiger partial charge < -0.3 is 14.8 Å². The summed E-state index contributed by atoms with van der Waals surface area (Å²) in [6, 6.07) is 18.1. The van der Waals surface area contributed by atoms with Crippen LogP contribution in [0, 0.1) is 0 Å². The zero-order valence-corrected chi connectivity index (χ0v) is 20.2. The largest absolute Gasteiger partial charge is 0.494 e. The number of carbonyl (C=O) groups is 4. The third-order valence-electron chi connectivity index (χ3n) is 5.81. The number of ether oxygens (including phenoxy) is 2. The van der Waals surface area contributed by atoms with E-state index in [2.05, 4.69) is 5.32 Å². The first kappa shape index (κ1) is 24.7. The zero-order valence-electron chi connectivity index (χ0n) is 20.2. The van der Waals surface area contributed by atoms with E-state index in [0.29, 0.717) is 23.7 Å². The van der Waals surface area contributed by atoms with E-state index in [-0.39, 0.29) is 16.7 Å². The van der Waals surface area contributed by atoms with E-state index in [9.17, 15) is 19.2 Å². The third kappa shape index (κ3) is 4.98. The summed E-state index contributed by atoms with van der Waals surface area (Å²) in [4.78, 5) is 52.2. The summed E-state index contributed by atoms with van der Waals surface area (Å²) in [5.74, 6) is -1.67. The topological polar surface area (TPSA) is 102 Å². The molecule has 0 spiro atoms.